The van der Waals surface area contributed by atoms with Crippen molar-refractivity contribution in [2.24, 2.45) is 0 Å². The van der Waals surface area contributed by atoms with Gasteiger partial charge in [-0.05, 0) is 19.8 Å². The van der Waals surface area contributed by atoms with Crippen molar-refractivity contribution in [3.05, 3.63) is 17.6 Å². The first-order valence-electron chi connectivity index (χ1n) is 7.60. The number of rotatable bonds is 2. The number of anilines is 1. The van der Waals surface area contributed by atoms with Crippen LogP contribution >= 0.6 is 0 Å². The van der Waals surface area contributed by atoms with Crippen molar-refractivity contribution in [2.75, 3.05) is 37.7 Å². The Morgan fingerprint density at radius 3 is 2.76 bits per heavy atom. The number of amides is 1. The van der Waals surface area contributed by atoms with Crippen LogP contribution in [0.3, 0.4) is 0 Å². The molecular formula is C15H22N4O2. The molecule has 0 bridgehead atoms. The summed E-state index contributed by atoms with van der Waals surface area (Å²) in [5.74, 6) is 1.84. The van der Waals surface area contributed by atoms with E-state index in [0.29, 0.717) is 0 Å². The van der Waals surface area contributed by atoms with Crippen LogP contribution < -0.4 is 4.90 Å². The molecular weight excluding hydrogens is 268 g/mol. The summed E-state index contributed by atoms with van der Waals surface area (Å²) in [4.78, 5) is 25.2. The maximum atomic E-state index is 11.7. The Morgan fingerprint density at radius 2 is 2.05 bits per heavy atom. The second kappa shape index (κ2) is 5.97. The standard InChI is InChI=1S/C15H22N4O2/c1-11-10-14(18-6-8-21-9-7-18)17-15(16-11)13-4-3-5-19(13)12(2)20/h10,13H,3-9H2,1-2H3/t13-/m1/s1. The molecule has 0 aliphatic carbocycles. The van der Waals surface area contributed by atoms with Gasteiger partial charge in [0.2, 0.25) is 5.91 Å². The summed E-state index contributed by atoms with van der Waals surface area (Å²) >= 11 is 0. The van der Waals surface area contributed by atoms with Gasteiger partial charge < -0.3 is 14.5 Å². The number of hydrogen-bond donors (Lipinski definition) is 0. The Bertz CT molecular complexity index is 528. The third kappa shape index (κ3) is 3.00. The zero-order valence-electron chi connectivity index (χ0n) is 12.7. The predicted octanol–water partition coefficient (Wildman–Crippen LogP) is 1.31. The minimum atomic E-state index is 0.0298. The Labute approximate surface area is 125 Å². The van der Waals surface area contributed by atoms with Crippen molar-refractivity contribution >= 4 is 11.7 Å². The van der Waals surface area contributed by atoms with Gasteiger partial charge in [-0.1, -0.05) is 0 Å². The van der Waals surface area contributed by atoms with Gasteiger partial charge in [-0.2, -0.15) is 0 Å². The van der Waals surface area contributed by atoms with Gasteiger partial charge in [-0.3, -0.25) is 4.79 Å². The minimum Gasteiger partial charge on any atom is -0.378 e. The first kappa shape index (κ1) is 14.3. The molecule has 0 spiro atoms. The Morgan fingerprint density at radius 1 is 1.29 bits per heavy atom. The average Bonchev–Trinajstić information content (AvgIpc) is 2.97. The number of ether oxygens (including phenoxy) is 1. The van der Waals surface area contributed by atoms with Crippen LogP contribution in [0.15, 0.2) is 6.07 Å². The summed E-state index contributed by atoms with van der Waals surface area (Å²) in [5, 5.41) is 0. The fraction of sp³-hybridized carbons (Fsp3) is 0.667. The van der Waals surface area contributed by atoms with Crippen molar-refractivity contribution in [1.82, 2.24) is 14.9 Å². The van der Waals surface area contributed by atoms with E-state index in [-0.39, 0.29) is 11.9 Å². The number of aryl methyl sites for hydroxylation is 1. The molecule has 0 saturated carbocycles. The monoisotopic (exact) mass is 290 g/mol. The maximum absolute atomic E-state index is 11.7. The molecule has 114 valence electrons. The second-order valence-corrected chi connectivity index (χ2v) is 5.70. The zero-order valence-corrected chi connectivity index (χ0v) is 12.7. The van der Waals surface area contributed by atoms with Gasteiger partial charge in [0, 0.05) is 38.3 Å². The Balaban J connectivity index is 1.88. The molecule has 1 aromatic heterocycles. The van der Waals surface area contributed by atoms with Crippen molar-refractivity contribution in [3.63, 3.8) is 0 Å². The van der Waals surface area contributed by atoms with Crippen LogP contribution in [0.2, 0.25) is 0 Å². The zero-order chi connectivity index (χ0) is 14.8. The smallest absolute Gasteiger partial charge is 0.220 e. The topological polar surface area (TPSA) is 58.6 Å². The molecule has 0 radical (unpaired) electrons. The molecule has 0 aromatic carbocycles. The SMILES string of the molecule is CC(=O)N1CCC[C@@H]1c1nc(C)cc(N2CCOCC2)n1. The van der Waals surface area contributed by atoms with E-state index in [2.05, 4.69) is 9.88 Å². The molecule has 6 heteroatoms. The molecule has 2 fully saturated rings. The summed E-state index contributed by atoms with van der Waals surface area (Å²) in [6, 6.07) is 2.05. The van der Waals surface area contributed by atoms with Gasteiger partial charge in [0.05, 0.1) is 19.3 Å². The summed E-state index contributed by atoms with van der Waals surface area (Å²) in [5.41, 5.74) is 0.955. The first-order valence-corrected chi connectivity index (χ1v) is 7.60. The maximum Gasteiger partial charge on any atom is 0.220 e. The highest BCUT2D eigenvalue weighted by Crippen LogP contribution is 2.31. The number of likely N-dealkylation sites (tertiary alicyclic amines) is 1. The summed E-state index contributed by atoms with van der Waals surface area (Å²) in [7, 11) is 0. The average molecular weight is 290 g/mol. The number of carbonyl (C=O) groups is 1. The van der Waals surface area contributed by atoms with E-state index in [1.54, 1.807) is 6.92 Å². The molecule has 2 saturated heterocycles. The highest BCUT2D eigenvalue weighted by molar-refractivity contribution is 5.74. The molecule has 1 amide bonds. The van der Waals surface area contributed by atoms with E-state index in [0.717, 1.165) is 63.0 Å². The lowest BCUT2D eigenvalue weighted by molar-refractivity contribution is -0.129. The summed E-state index contributed by atoms with van der Waals surface area (Å²) < 4.78 is 5.39. The molecule has 2 aliphatic rings. The third-order valence-corrected chi connectivity index (χ3v) is 4.15. The van der Waals surface area contributed by atoms with E-state index < -0.39 is 0 Å². The van der Waals surface area contributed by atoms with Crippen molar-refractivity contribution < 1.29 is 9.53 Å². The van der Waals surface area contributed by atoms with E-state index in [9.17, 15) is 4.79 Å². The Hall–Kier alpha value is -1.69. The largest absolute Gasteiger partial charge is 0.378 e. The fourth-order valence-electron chi connectivity index (χ4n) is 3.09. The first-order chi connectivity index (χ1) is 10.1. The van der Waals surface area contributed by atoms with Crippen LogP contribution in [0.5, 0.6) is 0 Å². The molecule has 3 rings (SSSR count). The molecule has 1 atom stereocenters. The van der Waals surface area contributed by atoms with Gasteiger partial charge in [-0.25, -0.2) is 9.97 Å². The molecule has 0 N–H and O–H groups in total. The van der Waals surface area contributed by atoms with Crippen LogP contribution in [0, 0.1) is 6.92 Å². The number of carbonyl (C=O) groups excluding carboxylic acids is 1. The Kier molecular flexibility index (Phi) is 4.05. The molecule has 21 heavy (non-hydrogen) atoms. The van der Waals surface area contributed by atoms with E-state index in [1.807, 2.05) is 17.9 Å². The second-order valence-electron chi connectivity index (χ2n) is 5.70. The quantitative estimate of drug-likeness (QED) is 0.822. The predicted molar refractivity (Wildman–Crippen MR) is 79.2 cm³/mol. The fourth-order valence-corrected chi connectivity index (χ4v) is 3.09. The van der Waals surface area contributed by atoms with Gasteiger partial charge in [0.25, 0.3) is 0 Å². The molecule has 1 aromatic rings. The molecule has 6 nitrogen and oxygen atoms in total. The van der Waals surface area contributed by atoms with Crippen LogP contribution in [0.4, 0.5) is 5.82 Å². The third-order valence-electron chi connectivity index (χ3n) is 4.15. The van der Waals surface area contributed by atoms with Crippen molar-refractivity contribution in [2.45, 2.75) is 32.7 Å². The van der Waals surface area contributed by atoms with Crippen molar-refractivity contribution in [1.29, 1.82) is 0 Å². The lowest BCUT2D eigenvalue weighted by atomic mass is 10.2. The number of morpholine rings is 1. The van der Waals surface area contributed by atoms with Crippen LogP contribution in [-0.4, -0.2) is 53.6 Å². The number of hydrogen-bond acceptors (Lipinski definition) is 5. The minimum absolute atomic E-state index is 0.0298. The summed E-state index contributed by atoms with van der Waals surface area (Å²) in [6.07, 6.45) is 1.97. The van der Waals surface area contributed by atoms with Gasteiger partial charge in [0.15, 0.2) is 5.82 Å². The molecule has 3 heterocycles. The van der Waals surface area contributed by atoms with Crippen LogP contribution in [-0.2, 0) is 9.53 Å². The molecule has 0 unspecified atom stereocenters. The van der Waals surface area contributed by atoms with E-state index in [1.165, 1.54) is 0 Å². The van der Waals surface area contributed by atoms with Gasteiger partial charge >= 0.3 is 0 Å². The lowest BCUT2D eigenvalue weighted by Gasteiger charge is -2.29. The van der Waals surface area contributed by atoms with E-state index >= 15 is 0 Å². The van der Waals surface area contributed by atoms with E-state index in [4.69, 9.17) is 9.72 Å². The molecule has 2 aliphatic heterocycles. The van der Waals surface area contributed by atoms with Gasteiger partial charge in [0.1, 0.15) is 5.82 Å². The van der Waals surface area contributed by atoms with Crippen LogP contribution in [0.1, 0.15) is 37.3 Å². The number of nitrogens with zero attached hydrogens (tertiary/aromatic N) is 4. The highest BCUT2D eigenvalue weighted by Gasteiger charge is 2.30. The normalized spacial score (nSPS) is 22.7. The van der Waals surface area contributed by atoms with Gasteiger partial charge in [-0.15, -0.1) is 0 Å². The van der Waals surface area contributed by atoms with Crippen molar-refractivity contribution in [3.8, 4) is 0 Å². The summed E-state index contributed by atoms with van der Waals surface area (Å²) in [6.45, 7) is 7.61. The highest BCUT2D eigenvalue weighted by atomic mass is 16.5. The number of aromatic nitrogens is 2. The van der Waals surface area contributed by atoms with Crippen LogP contribution in [0.25, 0.3) is 0 Å². The lowest BCUT2D eigenvalue weighted by Crippen LogP contribution is -2.37.